The summed E-state index contributed by atoms with van der Waals surface area (Å²) < 4.78 is 0. The van der Waals surface area contributed by atoms with Crippen LogP contribution in [0.25, 0.3) is 0 Å². The third kappa shape index (κ3) is 4.28. The van der Waals surface area contributed by atoms with E-state index in [1.807, 2.05) is 12.1 Å². The minimum Gasteiger partial charge on any atom is -0.399 e. The maximum Gasteiger partial charge on any atom is 0.0891 e. The molecule has 1 aromatic carbocycles. The predicted molar refractivity (Wildman–Crippen MR) is 100 cm³/mol. The molecule has 1 aromatic rings. The monoisotopic (exact) mass is 328 g/mol. The van der Waals surface area contributed by atoms with Crippen LogP contribution in [0.5, 0.6) is 0 Å². The van der Waals surface area contributed by atoms with Gasteiger partial charge in [-0.2, -0.15) is 0 Å². The van der Waals surface area contributed by atoms with E-state index in [4.69, 9.17) is 5.73 Å². The molecule has 0 saturated carbocycles. The Morgan fingerprint density at radius 3 is 1.75 bits per heavy atom. The van der Waals surface area contributed by atoms with Crippen molar-refractivity contribution >= 4 is 11.4 Å². The molecule has 0 aliphatic carbocycles. The van der Waals surface area contributed by atoms with Crippen molar-refractivity contribution in [3.63, 3.8) is 0 Å². The molecule has 2 N–H and O–H groups in total. The summed E-state index contributed by atoms with van der Waals surface area (Å²) in [5.74, 6) is 0. The summed E-state index contributed by atoms with van der Waals surface area (Å²) in [5, 5.41) is 0. The van der Waals surface area contributed by atoms with Crippen molar-refractivity contribution in [1.29, 1.82) is 0 Å². The van der Waals surface area contributed by atoms with E-state index in [0.717, 1.165) is 45.2 Å². The number of hydrogen-bond donors (Lipinski definition) is 1. The second-order valence-electron chi connectivity index (χ2n) is 6.60. The number of nitrogens with two attached hydrogens (primary N) is 1. The molecule has 6 heteroatoms. The van der Waals surface area contributed by atoms with Gasteiger partial charge in [0.25, 0.3) is 0 Å². The zero-order chi connectivity index (χ0) is 16.9. The van der Waals surface area contributed by atoms with Crippen LogP contribution in [0.3, 0.4) is 0 Å². The molecular formula is C18H28N6. The quantitative estimate of drug-likeness (QED) is 0.764. The van der Waals surface area contributed by atoms with Crippen LogP contribution in [0.15, 0.2) is 49.1 Å². The first-order chi connectivity index (χ1) is 11.6. The molecule has 2 aliphatic heterocycles. The van der Waals surface area contributed by atoms with Crippen molar-refractivity contribution in [3.05, 3.63) is 49.1 Å². The molecule has 0 amide bonds. The van der Waals surface area contributed by atoms with Crippen molar-refractivity contribution in [2.75, 3.05) is 64.2 Å². The zero-order valence-corrected chi connectivity index (χ0v) is 14.7. The number of nitrogens with zero attached hydrogens (tertiary/aromatic N) is 5. The smallest absolute Gasteiger partial charge is 0.0891 e. The van der Waals surface area contributed by atoms with Crippen LogP contribution in [0.4, 0.5) is 11.4 Å². The fourth-order valence-electron chi connectivity index (χ4n) is 3.02. The highest BCUT2D eigenvalue weighted by atomic mass is 15.4. The van der Waals surface area contributed by atoms with Gasteiger partial charge in [-0.25, -0.2) is 0 Å². The van der Waals surface area contributed by atoms with Gasteiger partial charge in [0.15, 0.2) is 0 Å². The molecule has 0 aromatic heterocycles. The molecule has 6 nitrogen and oxygen atoms in total. The maximum atomic E-state index is 5.84. The number of anilines is 2. The van der Waals surface area contributed by atoms with Gasteiger partial charge in [0.05, 0.1) is 13.3 Å². The zero-order valence-electron chi connectivity index (χ0n) is 14.7. The third-order valence-electron chi connectivity index (χ3n) is 4.45. The second kappa shape index (κ2) is 7.38. The summed E-state index contributed by atoms with van der Waals surface area (Å²) in [6.45, 7) is 5.96. The SMILES string of the molecule is CN1C=CN(CCN(CCN2C=CN(C)C2)c2ccc(N)cc2)C1. The van der Waals surface area contributed by atoms with Gasteiger partial charge in [-0.3, -0.25) is 0 Å². The lowest BCUT2D eigenvalue weighted by Gasteiger charge is -2.30. The maximum absolute atomic E-state index is 5.84. The summed E-state index contributed by atoms with van der Waals surface area (Å²) in [4.78, 5) is 11.5. The van der Waals surface area contributed by atoms with Gasteiger partial charge in [-0.1, -0.05) is 0 Å². The number of rotatable bonds is 7. The normalized spacial score (nSPS) is 16.6. The highest BCUT2D eigenvalue weighted by molar-refractivity contribution is 5.53. The summed E-state index contributed by atoms with van der Waals surface area (Å²) in [6, 6.07) is 8.20. The van der Waals surface area contributed by atoms with Crippen molar-refractivity contribution in [1.82, 2.24) is 19.6 Å². The van der Waals surface area contributed by atoms with Crippen molar-refractivity contribution in [2.45, 2.75) is 0 Å². The fourth-order valence-corrected chi connectivity index (χ4v) is 3.02. The van der Waals surface area contributed by atoms with Crippen LogP contribution in [0.1, 0.15) is 0 Å². The van der Waals surface area contributed by atoms with Gasteiger partial charge in [0.2, 0.25) is 0 Å². The molecule has 24 heavy (non-hydrogen) atoms. The molecule has 0 fully saturated rings. The van der Waals surface area contributed by atoms with Crippen molar-refractivity contribution < 1.29 is 0 Å². The van der Waals surface area contributed by atoms with Crippen LogP contribution in [-0.2, 0) is 0 Å². The number of nitrogen functional groups attached to an aromatic ring is 1. The van der Waals surface area contributed by atoms with Crippen LogP contribution in [0, 0.1) is 0 Å². The average Bonchev–Trinajstić information content (AvgIpc) is 3.17. The van der Waals surface area contributed by atoms with Gasteiger partial charge < -0.3 is 30.2 Å². The highest BCUT2D eigenvalue weighted by Gasteiger charge is 2.14. The van der Waals surface area contributed by atoms with Crippen molar-refractivity contribution in [2.24, 2.45) is 0 Å². The topological polar surface area (TPSA) is 42.2 Å². The first-order valence-electron chi connectivity index (χ1n) is 8.46. The Labute approximate surface area is 145 Å². The van der Waals surface area contributed by atoms with Crippen LogP contribution >= 0.6 is 0 Å². The molecular weight excluding hydrogens is 300 g/mol. The minimum atomic E-state index is 0.812. The van der Waals surface area contributed by atoms with E-state index in [9.17, 15) is 0 Å². The number of benzene rings is 1. The van der Waals surface area contributed by atoms with Gasteiger partial charge in [-0.05, 0) is 24.3 Å². The Kier molecular flexibility index (Phi) is 5.03. The van der Waals surface area contributed by atoms with Gasteiger partial charge >= 0.3 is 0 Å². The van der Waals surface area contributed by atoms with Gasteiger partial charge in [-0.15, -0.1) is 0 Å². The largest absolute Gasteiger partial charge is 0.399 e. The lowest BCUT2D eigenvalue weighted by molar-refractivity contribution is 0.290. The van der Waals surface area contributed by atoms with E-state index in [0.29, 0.717) is 0 Å². The Morgan fingerprint density at radius 1 is 0.833 bits per heavy atom. The molecule has 2 aliphatic rings. The fraction of sp³-hybridized carbons (Fsp3) is 0.444. The van der Waals surface area contributed by atoms with E-state index in [-0.39, 0.29) is 0 Å². The van der Waals surface area contributed by atoms with Crippen molar-refractivity contribution in [3.8, 4) is 0 Å². The summed E-state index contributed by atoms with van der Waals surface area (Å²) in [5.41, 5.74) is 7.89. The molecule has 130 valence electrons. The lowest BCUT2D eigenvalue weighted by Crippen LogP contribution is -2.38. The van der Waals surface area contributed by atoms with E-state index >= 15 is 0 Å². The molecule has 0 radical (unpaired) electrons. The molecule has 0 spiro atoms. The van der Waals surface area contributed by atoms with E-state index < -0.39 is 0 Å². The Hall–Kier alpha value is -2.50. The van der Waals surface area contributed by atoms with E-state index in [2.05, 4.69) is 75.5 Å². The summed E-state index contributed by atoms with van der Waals surface area (Å²) >= 11 is 0. The van der Waals surface area contributed by atoms with Crippen LogP contribution in [0.2, 0.25) is 0 Å². The molecule has 0 saturated heterocycles. The second-order valence-corrected chi connectivity index (χ2v) is 6.60. The average molecular weight is 328 g/mol. The molecule has 0 unspecified atom stereocenters. The molecule has 0 bridgehead atoms. The Bertz CT molecular complexity index is 552. The Morgan fingerprint density at radius 2 is 1.33 bits per heavy atom. The van der Waals surface area contributed by atoms with Crippen LogP contribution in [-0.4, -0.2) is 73.2 Å². The standard InChI is InChI=1S/C18H28N6/c1-20-7-9-22(15-20)11-13-24(18-5-3-17(19)4-6-18)14-12-23-10-8-21(2)16-23/h3-10H,11-16,19H2,1-2H3. The molecule has 2 heterocycles. The molecule has 3 rings (SSSR count). The first kappa shape index (κ1) is 16.4. The summed E-state index contributed by atoms with van der Waals surface area (Å²) in [7, 11) is 4.20. The summed E-state index contributed by atoms with van der Waals surface area (Å²) in [6.07, 6.45) is 8.58. The van der Waals surface area contributed by atoms with E-state index in [1.54, 1.807) is 0 Å². The third-order valence-corrected chi connectivity index (χ3v) is 4.45. The van der Waals surface area contributed by atoms with Gasteiger partial charge in [0, 0.05) is 76.4 Å². The minimum absolute atomic E-state index is 0.812. The van der Waals surface area contributed by atoms with Gasteiger partial charge in [0.1, 0.15) is 0 Å². The van der Waals surface area contributed by atoms with E-state index in [1.165, 1.54) is 5.69 Å². The number of hydrogen-bond acceptors (Lipinski definition) is 6. The first-order valence-corrected chi connectivity index (χ1v) is 8.46. The molecule has 0 atom stereocenters. The highest BCUT2D eigenvalue weighted by Crippen LogP contribution is 2.17. The predicted octanol–water partition coefficient (Wildman–Crippen LogP) is 1.43. The lowest BCUT2D eigenvalue weighted by atomic mass is 10.2. The Balaban J connectivity index is 1.58. The van der Waals surface area contributed by atoms with Crippen LogP contribution < -0.4 is 10.6 Å².